The molecule has 2 amide bonds. The molecule has 0 aliphatic carbocycles. The Morgan fingerprint density at radius 1 is 0.975 bits per heavy atom. The highest BCUT2D eigenvalue weighted by atomic mass is 19.1. The van der Waals surface area contributed by atoms with Gasteiger partial charge in [-0.2, -0.15) is 5.10 Å². The zero-order valence-electron chi connectivity index (χ0n) is 21.7. The standard InChI is InChI=1S/C30H25FN6O3/c1-18-26(35-29(38)28-32-14-3-15-33-28)27(19-4-11-24(40-2)12-5-19)36(30(18)39)23-10-13-25-20(16-23)17-34-37(25)22-8-6-21(31)7-9-22/h3-18,26-27H,1-2H3,(H,35,38)/t18?,26-,27?/m0/s1. The van der Waals surface area contributed by atoms with E-state index in [-0.39, 0.29) is 17.5 Å². The summed E-state index contributed by atoms with van der Waals surface area (Å²) in [7, 11) is 1.59. The fourth-order valence-corrected chi connectivity index (χ4v) is 5.18. The molecule has 0 radical (unpaired) electrons. The van der Waals surface area contributed by atoms with Crippen molar-refractivity contribution in [3.63, 3.8) is 0 Å². The second-order valence-corrected chi connectivity index (χ2v) is 9.56. The average molecular weight is 537 g/mol. The van der Waals surface area contributed by atoms with Crippen LogP contribution in [0.1, 0.15) is 29.1 Å². The van der Waals surface area contributed by atoms with Crippen molar-refractivity contribution >= 4 is 28.4 Å². The van der Waals surface area contributed by atoms with Crippen LogP contribution >= 0.6 is 0 Å². The van der Waals surface area contributed by atoms with Gasteiger partial charge in [0.05, 0.1) is 42.5 Å². The number of anilines is 1. The number of halogens is 1. The van der Waals surface area contributed by atoms with E-state index < -0.39 is 23.9 Å². The van der Waals surface area contributed by atoms with Gasteiger partial charge in [0.1, 0.15) is 11.6 Å². The molecule has 200 valence electrons. The molecular weight excluding hydrogens is 511 g/mol. The van der Waals surface area contributed by atoms with Crippen molar-refractivity contribution < 1.29 is 18.7 Å². The zero-order chi connectivity index (χ0) is 27.8. The van der Waals surface area contributed by atoms with Gasteiger partial charge < -0.3 is 15.0 Å². The van der Waals surface area contributed by atoms with Gasteiger partial charge in [0.15, 0.2) is 0 Å². The van der Waals surface area contributed by atoms with Crippen LogP contribution in [0.15, 0.2) is 91.4 Å². The Kier molecular flexibility index (Phi) is 6.43. The summed E-state index contributed by atoms with van der Waals surface area (Å²) in [6.07, 6.45) is 4.71. The highest BCUT2D eigenvalue weighted by molar-refractivity contribution is 6.02. The summed E-state index contributed by atoms with van der Waals surface area (Å²) in [4.78, 5) is 36.7. The molecule has 1 fully saturated rings. The Labute approximate surface area is 229 Å². The maximum absolute atomic E-state index is 13.8. The molecule has 3 atom stereocenters. The number of hydrogen-bond acceptors (Lipinski definition) is 6. The first kappa shape index (κ1) is 25.2. The second-order valence-electron chi connectivity index (χ2n) is 9.56. The molecule has 5 aromatic rings. The van der Waals surface area contributed by atoms with Crippen LogP contribution in [0.5, 0.6) is 5.75 Å². The monoisotopic (exact) mass is 536 g/mol. The number of fused-ring (bicyclic) bond motifs is 1. The third kappa shape index (κ3) is 4.43. The van der Waals surface area contributed by atoms with Gasteiger partial charge in [0.25, 0.3) is 5.91 Å². The number of ether oxygens (including phenoxy) is 1. The van der Waals surface area contributed by atoms with Gasteiger partial charge in [-0.25, -0.2) is 19.0 Å². The third-order valence-corrected chi connectivity index (χ3v) is 7.21. The molecular formula is C30H25FN6O3. The predicted octanol–water partition coefficient (Wildman–Crippen LogP) is 4.49. The van der Waals surface area contributed by atoms with Gasteiger partial charge in [0, 0.05) is 23.5 Å². The lowest BCUT2D eigenvalue weighted by Crippen LogP contribution is -2.42. The number of benzene rings is 3. The fraction of sp³-hybridized carbons (Fsp3) is 0.167. The summed E-state index contributed by atoms with van der Waals surface area (Å²) in [6.45, 7) is 1.81. The minimum Gasteiger partial charge on any atom is -0.497 e. The second kappa shape index (κ2) is 10.2. The zero-order valence-corrected chi connectivity index (χ0v) is 21.7. The molecule has 0 saturated carbocycles. The van der Waals surface area contributed by atoms with Gasteiger partial charge in [-0.15, -0.1) is 0 Å². The minimum absolute atomic E-state index is 0.0312. The minimum atomic E-state index is -0.560. The predicted molar refractivity (Wildman–Crippen MR) is 147 cm³/mol. The SMILES string of the molecule is COc1ccc(C2[C@@H](NC(=O)c3ncccn3)C(C)C(=O)N2c2ccc3c(cnn3-c3ccc(F)cc3)c2)cc1. The molecule has 1 aliphatic rings. The molecule has 6 rings (SSSR count). The summed E-state index contributed by atoms with van der Waals surface area (Å²) in [5.41, 5.74) is 3.02. The van der Waals surface area contributed by atoms with E-state index in [2.05, 4.69) is 20.4 Å². The summed E-state index contributed by atoms with van der Waals surface area (Å²) in [5, 5.41) is 8.31. The van der Waals surface area contributed by atoms with Crippen molar-refractivity contribution in [1.82, 2.24) is 25.1 Å². The molecule has 3 heterocycles. The number of methoxy groups -OCH3 is 1. The van der Waals surface area contributed by atoms with Crippen molar-refractivity contribution in [3.05, 3.63) is 109 Å². The summed E-state index contributed by atoms with van der Waals surface area (Å²) in [6, 6.07) is 19.7. The number of amides is 2. The van der Waals surface area contributed by atoms with E-state index in [1.54, 1.807) is 48.0 Å². The molecule has 2 aromatic heterocycles. The van der Waals surface area contributed by atoms with Crippen molar-refractivity contribution in [2.24, 2.45) is 5.92 Å². The maximum atomic E-state index is 13.8. The first-order chi connectivity index (χ1) is 19.4. The van der Waals surface area contributed by atoms with E-state index in [9.17, 15) is 14.0 Å². The Morgan fingerprint density at radius 2 is 1.68 bits per heavy atom. The topological polar surface area (TPSA) is 102 Å². The largest absolute Gasteiger partial charge is 0.497 e. The lowest BCUT2D eigenvalue weighted by Gasteiger charge is -2.29. The van der Waals surface area contributed by atoms with Crippen LogP contribution in [-0.2, 0) is 4.79 Å². The maximum Gasteiger partial charge on any atom is 0.289 e. The van der Waals surface area contributed by atoms with Crippen LogP contribution in [0.4, 0.5) is 10.1 Å². The summed E-state index contributed by atoms with van der Waals surface area (Å²) in [5.74, 6) is -0.733. The first-order valence-electron chi connectivity index (χ1n) is 12.7. The molecule has 0 bridgehead atoms. The molecule has 2 unspecified atom stereocenters. The lowest BCUT2D eigenvalue weighted by atomic mass is 9.94. The highest BCUT2D eigenvalue weighted by Crippen LogP contribution is 2.41. The third-order valence-electron chi connectivity index (χ3n) is 7.21. The molecule has 3 aromatic carbocycles. The number of carbonyl (C=O) groups is 2. The van der Waals surface area contributed by atoms with E-state index in [0.717, 1.165) is 22.2 Å². The number of hydrogen-bond donors (Lipinski definition) is 1. The van der Waals surface area contributed by atoms with Crippen LogP contribution < -0.4 is 15.0 Å². The molecule has 1 N–H and O–H groups in total. The molecule has 10 heteroatoms. The Morgan fingerprint density at radius 3 is 2.38 bits per heavy atom. The van der Waals surface area contributed by atoms with Gasteiger partial charge in [-0.1, -0.05) is 19.1 Å². The smallest absolute Gasteiger partial charge is 0.289 e. The summed E-state index contributed by atoms with van der Waals surface area (Å²) >= 11 is 0. The molecule has 1 saturated heterocycles. The summed E-state index contributed by atoms with van der Waals surface area (Å²) < 4.78 is 20.5. The highest BCUT2D eigenvalue weighted by Gasteiger charge is 2.48. The van der Waals surface area contributed by atoms with Crippen LogP contribution in [0.2, 0.25) is 0 Å². The Bertz CT molecular complexity index is 1690. The van der Waals surface area contributed by atoms with Gasteiger partial charge in [0.2, 0.25) is 11.7 Å². The van der Waals surface area contributed by atoms with Crippen LogP contribution in [0, 0.1) is 11.7 Å². The lowest BCUT2D eigenvalue weighted by molar-refractivity contribution is -0.120. The van der Waals surface area contributed by atoms with E-state index in [4.69, 9.17) is 4.74 Å². The number of rotatable bonds is 6. The van der Waals surface area contributed by atoms with E-state index in [1.165, 1.54) is 24.5 Å². The van der Waals surface area contributed by atoms with Gasteiger partial charge in [-0.05, 0) is 66.2 Å². The van der Waals surface area contributed by atoms with Crippen LogP contribution in [0.25, 0.3) is 16.6 Å². The van der Waals surface area contributed by atoms with Crippen molar-refractivity contribution in [3.8, 4) is 11.4 Å². The number of nitrogens with zero attached hydrogens (tertiary/aromatic N) is 5. The molecule has 0 spiro atoms. The Hall–Kier alpha value is -5.12. The molecule has 1 aliphatic heterocycles. The van der Waals surface area contributed by atoms with Gasteiger partial charge in [-0.3, -0.25) is 9.59 Å². The van der Waals surface area contributed by atoms with E-state index in [1.807, 2.05) is 42.5 Å². The van der Waals surface area contributed by atoms with Crippen LogP contribution in [-0.4, -0.2) is 44.7 Å². The fourth-order valence-electron chi connectivity index (χ4n) is 5.18. The number of carbonyl (C=O) groups excluding carboxylic acids is 2. The quantitative estimate of drug-likeness (QED) is 0.343. The average Bonchev–Trinajstić information content (AvgIpc) is 3.52. The van der Waals surface area contributed by atoms with E-state index in [0.29, 0.717) is 11.4 Å². The number of aromatic nitrogens is 4. The Balaban J connectivity index is 1.40. The van der Waals surface area contributed by atoms with Crippen molar-refractivity contribution in [2.75, 3.05) is 12.0 Å². The molecule has 40 heavy (non-hydrogen) atoms. The molecule has 9 nitrogen and oxygen atoms in total. The normalized spacial score (nSPS) is 18.7. The van der Waals surface area contributed by atoms with Crippen LogP contribution in [0.3, 0.4) is 0 Å². The van der Waals surface area contributed by atoms with Gasteiger partial charge >= 0.3 is 0 Å². The first-order valence-corrected chi connectivity index (χ1v) is 12.7. The van der Waals surface area contributed by atoms with E-state index >= 15 is 0 Å². The van der Waals surface area contributed by atoms with Crippen molar-refractivity contribution in [1.29, 1.82) is 0 Å². The van der Waals surface area contributed by atoms with Crippen molar-refractivity contribution in [2.45, 2.75) is 19.0 Å². The number of nitrogens with one attached hydrogen (secondary N) is 1.